The molecule has 0 unspecified atom stereocenters. The van der Waals surface area contributed by atoms with Crippen LogP contribution in [0.4, 0.5) is 0 Å². The molecular formula is C30H28O5. The molecule has 0 aliphatic heterocycles. The molecule has 178 valence electrons. The smallest absolute Gasteiger partial charge is 0.343 e. The van der Waals surface area contributed by atoms with E-state index < -0.39 is 11.9 Å². The number of benzene rings is 3. The topological polar surface area (TPSA) is 61.8 Å². The van der Waals surface area contributed by atoms with Gasteiger partial charge in [-0.3, -0.25) is 0 Å². The first-order chi connectivity index (χ1) is 17.0. The third-order valence-corrected chi connectivity index (χ3v) is 5.15. The van der Waals surface area contributed by atoms with Crippen molar-refractivity contribution in [2.24, 2.45) is 0 Å². The molecule has 0 amide bonds. The van der Waals surface area contributed by atoms with E-state index in [1.165, 1.54) is 5.56 Å². The Kier molecular flexibility index (Phi) is 9.27. The number of hydrogen-bond donors (Lipinski definition) is 0. The zero-order chi connectivity index (χ0) is 25.0. The van der Waals surface area contributed by atoms with E-state index >= 15 is 0 Å². The lowest BCUT2D eigenvalue weighted by Crippen LogP contribution is -2.09. The first-order valence-corrected chi connectivity index (χ1v) is 11.4. The molecule has 0 N–H and O–H groups in total. The minimum absolute atomic E-state index is 0.255. The molecule has 0 atom stereocenters. The summed E-state index contributed by atoms with van der Waals surface area (Å²) in [7, 11) is 0. The second-order valence-corrected chi connectivity index (χ2v) is 7.77. The highest BCUT2D eigenvalue weighted by atomic mass is 16.5. The number of ether oxygens (including phenoxy) is 3. The van der Waals surface area contributed by atoms with E-state index in [9.17, 15) is 9.59 Å². The van der Waals surface area contributed by atoms with Gasteiger partial charge in [-0.1, -0.05) is 37.5 Å². The van der Waals surface area contributed by atoms with Gasteiger partial charge in [-0.05, 0) is 79.1 Å². The van der Waals surface area contributed by atoms with Gasteiger partial charge in [0.15, 0.2) is 0 Å². The summed E-state index contributed by atoms with van der Waals surface area (Å²) in [5.41, 5.74) is 4.32. The van der Waals surface area contributed by atoms with Crippen LogP contribution < -0.4 is 9.47 Å². The predicted octanol–water partition coefficient (Wildman–Crippen LogP) is 5.67. The largest absolute Gasteiger partial charge is 0.493 e. The van der Waals surface area contributed by atoms with E-state index in [1.807, 2.05) is 31.2 Å². The quantitative estimate of drug-likeness (QED) is 0.133. The summed E-state index contributed by atoms with van der Waals surface area (Å²) < 4.78 is 16.1. The summed E-state index contributed by atoms with van der Waals surface area (Å²) in [6.07, 6.45) is 2.67. The number of hydrogen-bond acceptors (Lipinski definition) is 5. The van der Waals surface area contributed by atoms with Crippen molar-refractivity contribution >= 4 is 11.9 Å². The summed E-state index contributed by atoms with van der Waals surface area (Å²) in [4.78, 5) is 23.6. The second-order valence-electron chi connectivity index (χ2n) is 7.77. The Bertz CT molecular complexity index is 1230. The van der Waals surface area contributed by atoms with Crippen LogP contribution in [-0.4, -0.2) is 25.2 Å². The summed E-state index contributed by atoms with van der Waals surface area (Å²) >= 11 is 0. The van der Waals surface area contributed by atoms with Crippen LogP contribution in [0.1, 0.15) is 46.0 Å². The summed E-state index contributed by atoms with van der Waals surface area (Å²) in [6.45, 7) is 7.98. The van der Waals surface area contributed by atoms with Crippen molar-refractivity contribution in [2.75, 3.05) is 13.2 Å². The molecule has 0 saturated heterocycles. The van der Waals surface area contributed by atoms with Gasteiger partial charge in [0.05, 0.1) is 18.8 Å². The molecule has 3 rings (SSSR count). The van der Waals surface area contributed by atoms with E-state index in [0.717, 1.165) is 29.2 Å². The van der Waals surface area contributed by atoms with Gasteiger partial charge in [0.1, 0.15) is 11.5 Å². The summed E-state index contributed by atoms with van der Waals surface area (Å²) in [5, 5.41) is 0. The Morgan fingerprint density at radius 3 is 2.26 bits per heavy atom. The molecule has 0 radical (unpaired) electrons. The zero-order valence-corrected chi connectivity index (χ0v) is 20.0. The SMILES string of the molecule is C=CC(=O)OCCCOc1ccc(C(=O)Oc2ccc(C#Cc3ccc(CC)cc3)cc2C)cc1. The van der Waals surface area contributed by atoms with Crippen molar-refractivity contribution in [1.82, 2.24) is 0 Å². The van der Waals surface area contributed by atoms with Crippen LogP contribution in [0.5, 0.6) is 11.5 Å². The normalized spacial score (nSPS) is 10.0. The fourth-order valence-corrected chi connectivity index (χ4v) is 3.14. The highest BCUT2D eigenvalue weighted by Crippen LogP contribution is 2.21. The maximum Gasteiger partial charge on any atom is 0.343 e. The van der Waals surface area contributed by atoms with Crippen LogP contribution in [0.15, 0.2) is 79.4 Å². The maximum atomic E-state index is 12.6. The van der Waals surface area contributed by atoms with Gasteiger partial charge >= 0.3 is 11.9 Å². The van der Waals surface area contributed by atoms with Gasteiger partial charge in [0.25, 0.3) is 0 Å². The highest BCUT2D eigenvalue weighted by molar-refractivity contribution is 5.91. The Morgan fingerprint density at radius 1 is 0.914 bits per heavy atom. The molecule has 5 heteroatoms. The van der Waals surface area contributed by atoms with Gasteiger partial charge in [-0.15, -0.1) is 0 Å². The first kappa shape index (κ1) is 25.3. The minimum atomic E-state index is -0.455. The fraction of sp³-hybridized carbons (Fsp3) is 0.200. The molecule has 0 aliphatic carbocycles. The Labute approximate surface area is 206 Å². The third-order valence-electron chi connectivity index (χ3n) is 5.15. The zero-order valence-electron chi connectivity index (χ0n) is 20.0. The van der Waals surface area contributed by atoms with Crippen LogP contribution >= 0.6 is 0 Å². The van der Waals surface area contributed by atoms with Gasteiger partial charge in [0.2, 0.25) is 0 Å². The van der Waals surface area contributed by atoms with Crippen molar-refractivity contribution in [1.29, 1.82) is 0 Å². The number of carbonyl (C=O) groups excluding carboxylic acids is 2. The lowest BCUT2D eigenvalue weighted by molar-refractivity contribution is -0.137. The molecule has 0 saturated carbocycles. The predicted molar refractivity (Wildman–Crippen MR) is 136 cm³/mol. The van der Waals surface area contributed by atoms with Gasteiger partial charge in [-0.2, -0.15) is 0 Å². The van der Waals surface area contributed by atoms with Gasteiger partial charge in [0, 0.05) is 23.6 Å². The average Bonchev–Trinajstić information content (AvgIpc) is 2.89. The Morgan fingerprint density at radius 2 is 1.60 bits per heavy atom. The van der Waals surface area contributed by atoms with E-state index in [4.69, 9.17) is 14.2 Å². The van der Waals surface area contributed by atoms with Crippen molar-refractivity contribution < 1.29 is 23.8 Å². The molecule has 0 spiro atoms. The fourth-order valence-electron chi connectivity index (χ4n) is 3.14. The third kappa shape index (κ3) is 7.90. The van der Waals surface area contributed by atoms with Crippen LogP contribution in [0.25, 0.3) is 0 Å². The van der Waals surface area contributed by atoms with Crippen LogP contribution in [0.3, 0.4) is 0 Å². The van der Waals surface area contributed by atoms with Crippen LogP contribution in [0, 0.1) is 18.8 Å². The van der Waals surface area contributed by atoms with Crippen molar-refractivity contribution in [3.63, 3.8) is 0 Å². The molecule has 0 heterocycles. The Balaban J connectivity index is 1.53. The molecule has 3 aromatic carbocycles. The average molecular weight is 469 g/mol. The van der Waals surface area contributed by atoms with Crippen molar-refractivity contribution in [3.8, 4) is 23.3 Å². The lowest BCUT2D eigenvalue weighted by atomic mass is 10.1. The number of carbonyl (C=O) groups is 2. The summed E-state index contributed by atoms with van der Waals surface area (Å²) in [5.74, 6) is 6.51. The maximum absolute atomic E-state index is 12.6. The number of esters is 2. The molecule has 5 nitrogen and oxygen atoms in total. The number of aryl methyl sites for hydroxylation is 2. The van der Waals surface area contributed by atoms with Gasteiger partial charge < -0.3 is 14.2 Å². The van der Waals surface area contributed by atoms with Crippen molar-refractivity contribution in [3.05, 3.63) is 107 Å². The number of rotatable bonds is 9. The van der Waals surface area contributed by atoms with E-state index in [0.29, 0.717) is 30.1 Å². The van der Waals surface area contributed by atoms with E-state index in [-0.39, 0.29) is 6.61 Å². The molecule has 3 aromatic rings. The van der Waals surface area contributed by atoms with E-state index in [1.54, 1.807) is 30.3 Å². The van der Waals surface area contributed by atoms with Crippen LogP contribution in [-0.2, 0) is 16.0 Å². The molecule has 0 aliphatic rings. The van der Waals surface area contributed by atoms with Crippen molar-refractivity contribution in [2.45, 2.75) is 26.7 Å². The molecule has 0 aromatic heterocycles. The summed E-state index contributed by atoms with van der Waals surface area (Å²) in [6, 6.07) is 20.4. The lowest BCUT2D eigenvalue weighted by Gasteiger charge is -2.09. The van der Waals surface area contributed by atoms with Crippen LogP contribution in [0.2, 0.25) is 0 Å². The molecular weight excluding hydrogens is 440 g/mol. The standard InChI is InChI=1S/C30H28O5/c1-4-23-7-9-24(10-8-23)11-12-25-13-18-28(22(3)21-25)35-30(32)26-14-16-27(17-15-26)33-19-6-20-34-29(31)5-2/h5,7-10,13-18,21H,2,4,6,19-20H2,1,3H3. The monoisotopic (exact) mass is 468 g/mol. The van der Waals surface area contributed by atoms with Gasteiger partial charge in [-0.25, -0.2) is 9.59 Å². The van der Waals surface area contributed by atoms with E-state index in [2.05, 4.69) is 37.5 Å². The first-order valence-electron chi connectivity index (χ1n) is 11.4. The second kappa shape index (κ2) is 12.8. The minimum Gasteiger partial charge on any atom is -0.493 e. The molecule has 0 fully saturated rings. The molecule has 0 bridgehead atoms. The highest BCUT2D eigenvalue weighted by Gasteiger charge is 2.11. The Hall–Kier alpha value is -4.30. The molecule has 35 heavy (non-hydrogen) atoms.